The second kappa shape index (κ2) is 3.11. The van der Waals surface area contributed by atoms with Crippen molar-refractivity contribution in [2.75, 3.05) is 0 Å². The summed E-state index contributed by atoms with van der Waals surface area (Å²) in [6, 6.07) is 5.09. The highest BCUT2D eigenvalue weighted by atomic mass is 16.4. The molecule has 1 saturated carbocycles. The average molecular weight is 188 g/mol. The van der Waals surface area contributed by atoms with Crippen LogP contribution in [-0.4, -0.2) is 16.1 Å². The molecule has 0 saturated heterocycles. The number of carboxylic acid groups (broad SMARTS) is 1. The summed E-state index contributed by atoms with van der Waals surface area (Å²) in [5, 5.41) is 17.5. The molecule has 1 aromatic heterocycles. The minimum Gasteiger partial charge on any atom is -0.476 e. The molecule has 2 rings (SSSR count). The first kappa shape index (κ1) is 8.70. The summed E-state index contributed by atoms with van der Waals surface area (Å²) in [6.45, 7) is 0. The van der Waals surface area contributed by atoms with Crippen LogP contribution in [0, 0.1) is 11.3 Å². The highest BCUT2D eigenvalue weighted by Crippen LogP contribution is 2.39. The molecule has 4 nitrogen and oxygen atoms in total. The van der Waals surface area contributed by atoms with Crippen LogP contribution in [0.1, 0.15) is 40.5 Å². The average Bonchev–Trinajstić information content (AvgIpc) is 3.00. The van der Waals surface area contributed by atoms with Crippen LogP contribution in [0.4, 0.5) is 0 Å². The van der Waals surface area contributed by atoms with Gasteiger partial charge in [-0.05, 0) is 25.0 Å². The summed E-state index contributed by atoms with van der Waals surface area (Å²) in [6.07, 6.45) is 2.13. The van der Waals surface area contributed by atoms with Crippen LogP contribution in [0.15, 0.2) is 12.1 Å². The van der Waals surface area contributed by atoms with E-state index in [-0.39, 0.29) is 11.3 Å². The number of hydrogen-bond donors (Lipinski definition) is 1. The molecule has 0 amide bonds. The summed E-state index contributed by atoms with van der Waals surface area (Å²) in [5.74, 6) is -0.732. The molecule has 0 unspecified atom stereocenters. The van der Waals surface area contributed by atoms with E-state index < -0.39 is 5.97 Å². The molecular formula is C10H8N2O2. The Morgan fingerprint density at radius 1 is 1.57 bits per heavy atom. The smallest absolute Gasteiger partial charge is 0.355 e. The van der Waals surface area contributed by atoms with E-state index >= 15 is 0 Å². The zero-order chi connectivity index (χ0) is 10.1. The highest BCUT2D eigenvalue weighted by Gasteiger charge is 2.26. The predicted molar refractivity (Wildman–Crippen MR) is 47.9 cm³/mol. The van der Waals surface area contributed by atoms with Gasteiger partial charge in [0.15, 0.2) is 5.69 Å². The number of nitriles is 1. The topological polar surface area (TPSA) is 74.0 Å². The van der Waals surface area contributed by atoms with Crippen molar-refractivity contribution in [3.63, 3.8) is 0 Å². The van der Waals surface area contributed by atoms with Crippen LogP contribution in [0.3, 0.4) is 0 Å². The van der Waals surface area contributed by atoms with Gasteiger partial charge in [-0.1, -0.05) is 0 Å². The molecule has 70 valence electrons. The van der Waals surface area contributed by atoms with Crippen molar-refractivity contribution in [1.29, 1.82) is 5.26 Å². The summed E-state index contributed by atoms with van der Waals surface area (Å²) in [7, 11) is 0. The summed E-state index contributed by atoms with van der Waals surface area (Å²) < 4.78 is 0. The normalized spacial score (nSPS) is 14.8. The Bertz CT molecular complexity index is 430. The molecule has 0 aromatic carbocycles. The minimum atomic E-state index is -1.14. The first-order valence-electron chi connectivity index (χ1n) is 4.36. The molecule has 0 radical (unpaired) electrons. The number of hydrogen-bond acceptors (Lipinski definition) is 3. The van der Waals surface area contributed by atoms with Crippen molar-refractivity contribution < 1.29 is 9.90 Å². The molecule has 0 spiro atoms. The number of aromatic carboxylic acids is 1. The fourth-order valence-electron chi connectivity index (χ4n) is 1.33. The Balaban J connectivity index is 2.47. The maximum atomic E-state index is 10.8. The van der Waals surface area contributed by atoms with Gasteiger partial charge in [0.25, 0.3) is 0 Å². The van der Waals surface area contributed by atoms with Gasteiger partial charge in [0.1, 0.15) is 6.07 Å². The van der Waals surface area contributed by atoms with E-state index in [9.17, 15) is 4.79 Å². The van der Waals surface area contributed by atoms with Gasteiger partial charge < -0.3 is 5.11 Å². The molecule has 1 aliphatic rings. The second-order valence-electron chi connectivity index (χ2n) is 3.32. The lowest BCUT2D eigenvalue weighted by molar-refractivity contribution is 0.0690. The molecule has 4 heteroatoms. The SMILES string of the molecule is N#Cc1ccc(C2CC2)nc1C(=O)O. The molecule has 1 N–H and O–H groups in total. The molecule has 0 atom stereocenters. The summed E-state index contributed by atoms with van der Waals surface area (Å²) >= 11 is 0. The van der Waals surface area contributed by atoms with Crippen molar-refractivity contribution in [3.05, 3.63) is 29.1 Å². The number of carbonyl (C=O) groups is 1. The van der Waals surface area contributed by atoms with Gasteiger partial charge >= 0.3 is 5.97 Å². The van der Waals surface area contributed by atoms with Gasteiger partial charge in [-0.25, -0.2) is 9.78 Å². The predicted octanol–water partition coefficient (Wildman–Crippen LogP) is 1.53. The van der Waals surface area contributed by atoms with E-state index in [2.05, 4.69) is 4.98 Å². The number of carboxylic acids is 1. The first-order chi connectivity index (χ1) is 6.72. The molecule has 14 heavy (non-hydrogen) atoms. The molecular weight excluding hydrogens is 180 g/mol. The van der Waals surface area contributed by atoms with Crippen LogP contribution in [0.25, 0.3) is 0 Å². The number of pyridine rings is 1. The first-order valence-corrected chi connectivity index (χ1v) is 4.36. The van der Waals surface area contributed by atoms with Crippen molar-refractivity contribution in [3.8, 4) is 6.07 Å². The largest absolute Gasteiger partial charge is 0.476 e. The Hall–Kier alpha value is -1.89. The maximum absolute atomic E-state index is 10.8. The van der Waals surface area contributed by atoms with Gasteiger partial charge in [0.2, 0.25) is 0 Å². The van der Waals surface area contributed by atoms with Gasteiger partial charge in [-0.3, -0.25) is 0 Å². The van der Waals surface area contributed by atoms with E-state index in [0.29, 0.717) is 5.92 Å². The lowest BCUT2D eigenvalue weighted by Gasteiger charge is -2.00. The number of nitrogens with zero attached hydrogens (tertiary/aromatic N) is 2. The van der Waals surface area contributed by atoms with Crippen LogP contribution in [0.2, 0.25) is 0 Å². The van der Waals surface area contributed by atoms with Gasteiger partial charge in [0.05, 0.1) is 5.56 Å². The van der Waals surface area contributed by atoms with Gasteiger partial charge in [-0.15, -0.1) is 0 Å². The maximum Gasteiger partial charge on any atom is 0.355 e. The Labute approximate surface area is 80.8 Å². The Morgan fingerprint density at radius 3 is 2.79 bits per heavy atom. The summed E-state index contributed by atoms with van der Waals surface area (Å²) in [5.41, 5.74) is 0.792. The van der Waals surface area contributed by atoms with E-state index in [4.69, 9.17) is 10.4 Å². The van der Waals surface area contributed by atoms with Crippen LogP contribution in [-0.2, 0) is 0 Å². The highest BCUT2D eigenvalue weighted by molar-refractivity contribution is 5.88. The third kappa shape index (κ3) is 1.44. The molecule has 0 bridgehead atoms. The van der Waals surface area contributed by atoms with E-state index in [1.165, 1.54) is 6.07 Å². The monoisotopic (exact) mass is 188 g/mol. The molecule has 1 aromatic rings. The number of rotatable bonds is 2. The van der Waals surface area contributed by atoms with Crippen LogP contribution in [0.5, 0.6) is 0 Å². The van der Waals surface area contributed by atoms with Gasteiger partial charge in [-0.2, -0.15) is 5.26 Å². The van der Waals surface area contributed by atoms with E-state index in [0.717, 1.165) is 18.5 Å². The third-order valence-corrected chi connectivity index (χ3v) is 2.24. The van der Waals surface area contributed by atoms with E-state index in [1.54, 1.807) is 6.07 Å². The van der Waals surface area contributed by atoms with Crippen molar-refractivity contribution in [2.45, 2.75) is 18.8 Å². The minimum absolute atomic E-state index is 0.127. The Kier molecular flexibility index (Phi) is 1.93. The number of aromatic nitrogens is 1. The second-order valence-corrected chi connectivity index (χ2v) is 3.32. The third-order valence-electron chi connectivity index (χ3n) is 2.24. The molecule has 1 aliphatic carbocycles. The van der Waals surface area contributed by atoms with Crippen molar-refractivity contribution in [1.82, 2.24) is 4.98 Å². The lowest BCUT2D eigenvalue weighted by atomic mass is 10.1. The van der Waals surface area contributed by atoms with E-state index in [1.807, 2.05) is 6.07 Å². The van der Waals surface area contributed by atoms with Gasteiger partial charge in [0, 0.05) is 11.6 Å². The Morgan fingerprint density at radius 2 is 2.29 bits per heavy atom. The van der Waals surface area contributed by atoms with Crippen LogP contribution < -0.4 is 0 Å². The zero-order valence-corrected chi connectivity index (χ0v) is 7.40. The fraction of sp³-hybridized carbons (Fsp3) is 0.300. The molecule has 1 heterocycles. The van der Waals surface area contributed by atoms with Crippen molar-refractivity contribution >= 4 is 5.97 Å². The standard InChI is InChI=1S/C10H8N2O2/c11-5-7-3-4-8(6-1-2-6)12-9(7)10(13)14/h3-4,6H,1-2H2,(H,13,14). The summed E-state index contributed by atoms with van der Waals surface area (Å²) in [4.78, 5) is 14.7. The fourth-order valence-corrected chi connectivity index (χ4v) is 1.33. The zero-order valence-electron chi connectivity index (χ0n) is 7.40. The lowest BCUT2D eigenvalue weighted by Crippen LogP contribution is -2.05. The van der Waals surface area contributed by atoms with Crippen molar-refractivity contribution in [2.24, 2.45) is 0 Å². The van der Waals surface area contributed by atoms with Crippen LogP contribution >= 0.6 is 0 Å². The quantitative estimate of drug-likeness (QED) is 0.763. The molecule has 1 fully saturated rings. The molecule has 0 aliphatic heterocycles.